The van der Waals surface area contributed by atoms with Gasteiger partial charge < -0.3 is 4.74 Å². The molecule has 1 aromatic heterocycles. The molecule has 0 fully saturated rings. The predicted octanol–water partition coefficient (Wildman–Crippen LogP) is 2.65. The first kappa shape index (κ1) is 13.0. The highest BCUT2D eigenvalue weighted by atomic mass is 32.2. The van der Waals surface area contributed by atoms with Gasteiger partial charge in [-0.2, -0.15) is 4.39 Å². The Morgan fingerprint density at radius 3 is 2.75 bits per heavy atom. The number of aromatic nitrogens is 1. The lowest BCUT2D eigenvalue weighted by Crippen LogP contribution is -2.24. The van der Waals surface area contributed by atoms with Crippen molar-refractivity contribution < 1.29 is 13.9 Å². The highest BCUT2D eigenvalue weighted by Gasteiger charge is 2.16. The number of thioether (sulfide) groups is 1. The molecule has 1 heterocycles. The second-order valence-corrected chi connectivity index (χ2v) is 5.17. The van der Waals surface area contributed by atoms with Gasteiger partial charge in [0.2, 0.25) is 5.95 Å². The normalized spacial score (nSPS) is 11.2. The van der Waals surface area contributed by atoms with Gasteiger partial charge in [0.15, 0.2) is 0 Å². The van der Waals surface area contributed by atoms with E-state index in [1.807, 2.05) is 0 Å². The van der Waals surface area contributed by atoms with Gasteiger partial charge in [-0.15, -0.1) is 0 Å². The van der Waals surface area contributed by atoms with Gasteiger partial charge in [0.1, 0.15) is 5.60 Å². The molecule has 5 heteroatoms. The number of carbonyl (C=O) groups excluding carboxylic acids is 1. The van der Waals surface area contributed by atoms with E-state index in [0.717, 1.165) is 11.8 Å². The van der Waals surface area contributed by atoms with Crippen LogP contribution in [0, 0.1) is 5.95 Å². The summed E-state index contributed by atoms with van der Waals surface area (Å²) in [5.41, 5.74) is -0.493. The molecular weight excluding hydrogens is 229 g/mol. The predicted molar refractivity (Wildman–Crippen MR) is 60.8 cm³/mol. The van der Waals surface area contributed by atoms with Gasteiger partial charge in [-0.1, -0.05) is 17.8 Å². The molecular formula is C11H14FNO2S. The summed E-state index contributed by atoms with van der Waals surface area (Å²) in [6.07, 6.45) is 0. The summed E-state index contributed by atoms with van der Waals surface area (Å²) in [5.74, 6) is -0.744. The first-order valence-electron chi connectivity index (χ1n) is 4.84. The van der Waals surface area contributed by atoms with Gasteiger partial charge in [-0.3, -0.25) is 4.79 Å². The minimum Gasteiger partial charge on any atom is -0.459 e. The van der Waals surface area contributed by atoms with Gasteiger partial charge in [0.25, 0.3) is 0 Å². The van der Waals surface area contributed by atoms with Gasteiger partial charge in [-0.25, -0.2) is 4.98 Å². The molecule has 0 bridgehead atoms. The lowest BCUT2D eigenvalue weighted by Gasteiger charge is -2.19. The van der Waals surface area contributed by atoms with E-state index in [4.69, 9.17) is 4.74 Å². The molecule has 0 N–H and O–H groups in total. The highest BCUT2D eigenvalue weighted by Crippen LogP contribution is 2.17. The largest absolute Gasteiger partial charge is 0.459 e. The monoisotopic (exact) mass is 243 g/mol. The molecule has 3 nitrogen and oxygen atoms in total. The standard InChI is InChI=1S/C11H14FNO2S/c1-11(2,3)15-10(14)7-16-9-6-4-5-8(12)13-9/h4-6H,7H2,1-3H3. The van der Waals surface area contributed by atoms with Crippen molar-refractivity contribution in [3.63, 3.8) is 0 Å². The minimum atomic E-state index is -0.547. The summed E-state index contributed by atoms with van der Waals surface area (Å²) in [5, 5.41) is 0.478. The molecule has 0 saturated heterocycles. The zero-order chi connectivity index (χ0) is 12.2. The summed E-state index contributed by atoms with van der Waals surface area (Å²) in [6.45, 7) is 5.40. The quantitative estimate of drug-likeness (QED) is 0.465. The Bertz CT molecular complexity index is 376. The zero-order valence-electron chi connectivity index (χ0n) is 9.49. The van der Waals surface area contributed by atoms with E-state index in [1.165, 1.54) is 6.07 Å². The van der Waals surface area contributed by atoms with Crippen LogP contribution in [-0.4, -0.2) is 22.3 Å². The number of hydrogen-bond donors (Lipinski definition) is 0. The Hall–Kier alpha value is -1.10. The Kier molecular flexibility index (Phi) is 4.29. The zero-order valence-corrected chi connectivity index (χ0v) is 10.3. The van der Waals surface area contributed by atoms with Gasteiger partial charge in [0.05, 0.1) is 10.8 Å². The Labute approximate surface area is 98.4 Å². The highest BCUT2D eigenvalue weighted by molar-refractivity contribution is 7.99. The fourth-order valence-electron chi connectivity index (χ4n) is 0.974. The summed E-state index contributed by atoms with van der Waals surface area (Å²) in [6, 6.07) is 4.47. The Morgan fingerprint density at radius 2 is 2.19 bits per heavy atom. The smallest absolute Gasteiger partial charge is 0.316 e. The molecule has 0 amide bonds. The van der Waals surface area contributed by atoms with Crippen molar-refractivity contribution in [2.45, 2.75) is 31.4 Å². The molecule has 0 atom stereocenters. The molecule has 0 spiro atoms. The number of halogens is 1. The second kappa shape index (κ2) is 5.30. The molecule has 0 aromatic carbocycles. The van der Waals surface area contributed by atoms with Crippen molar-refractivity contribution in [3.05, 3.63) is 24.1 Å². The fourth-order valence-corrected chi connectivity index (χ4v) is 1.63. The van der Waals surface area contributed by atoms with Gasteiger partial charge >= 0.3 is 5.97 Å². The average Bonchev–Trinajstić information content (AvgIpc) is 2.12. The number of carbonyl (C=O) groups is 1. The van der Waals surface area contributed by atoms with Gasteiger partial charge in [0, 0.05) is 0 Å². The molecule has 0 radical (unpaired) electrons. The lowest BCUT2D eigenvalue weighted by atomic mass is 10.2. The summed E-state index contributed by atoms with van der Waals surface area (Å²) in [7, 11) is 0. The van der Waals surface area contributed by atoms with E-state index in [-0.39, 0.29) is 11.7 Å². The average molecular weight is 243 g/mol. The summed E-state index contributed by atoms with van der Waals surface area (Å²) in [4.78, 5) is 15.0. The molecule has 1 rings (SSSR count). The molecule has 0 aliphatic heterocycles. The first-order chi connectivity index (χ1) is 7.37. The van der Waals surface area contributed by atoms with Crippen molar-refractivity contribution in [2.24, 2.45) is 0 Å². The molecule has 1 aromatic rings. The fraction of sp³-hybridized carbons (Fsp3) is 0.455. The Balaban J connectivity index is 2.43. The van der Waals surface area contributed by atoms with Crippen LogP contribution >= 0.6 is 11.8 Å². The number of pyridine rings is 1. The maximum Gasteiger partial charge on any atom is 0.316 e. The first-order valence-corrected chi connectivity index (χ1v) is 5.82. The van der Waals surface area contributed by atoms with Crippen LogP contribution in [0.4, 0.5) is 4.39 Å². The molecule has 0 saturated carbocycles. The third kappa shape index (κ3) is 5.11. The van der Waals surface area contributed by atoms with Crippen LogP contribution in [0.2, 0.25) is 0 Å². The van der Waals surface area contributed by atoms with Crippen LogP contribution < -0.4 is 0 Å². The van der Waals surface area contributed by atoms with Crippen molar-refractivity contribution >= 4 is 17.7 Å². The van der Waals surface area contributed by atoms with Crippen LogP contribution in [0.1, 0.15) is 20.8 Å². The Morgan fingerprint density at radius 1 is 1.50 bits per heavy atom. The molecule has 0 unspecified atom stereocenters. The lowest BCUT2D eigenvalue weighted by molar-refractivity contribution is -0.151. The van der Waals surface area contributed by atoms with Crippen molar-refractivity contribution in [1.29, 1.82) is 0 Å². The van der Waals surface area contributed by atoms with Crippen molar-refractivity contribution in [2.75, 3.05) is 5.75 Å². The molecule has 16 heavy (non-hydrogen) atoms. The number of ether oxygens (including phenoxy) is 1. The second-order valence-electron chi connectivity index (χ2n) is 4.17. The number of rotatable bonds is 3. The topological polar surface area (TPSA) is 39.2 Å². The van der Waals surface area contributed by atoms with Crippen LogP contribution in [0.15, 0.2) is 23.2 Å². The van der Waals surface area contributed by atoms with Gasteiger partial charge in [-0.05, 0) is 32.9 Å². The molecule has 88 valence electrons. The van der Waals surface area contributed by atoms with E-state index in [2.05, 4.69) is 4.98 Å². The summed E-state index contributed by atoms with van der Waals surface area (Å²) < 4.78 is 17.8. The van der Waals surface area contributed by atoms with Crippen molar-refractivity contribution in [3.8, 4) is 0 Å². The SMILES string of the molecule is CC(C)(C)OC(=O)CSc1cccc(F)n1. The number of hydrogen-bond acceptors (Lipinski definition) is 4. The molecule has 0 aliphatic rings. The minimum absolute atomic E-state index is 0.133. The van der Waals surface area contributed by atoms with Crippen LogP contribution in [0.5, 0.6) is 0 Å². The van der Waals surface area contributed by atoms with E-state index in [9.17, 15) is 9.18 Å². The third-order valence-corrected chi connectivity index (χ3v) is 2.35. The number of esters is 1. The summed E-state index contributed by atoms with van der Waals surface area (Å²) >= 11 is 1.16. The van der Waals surface area contributed by atoms with Crippen LogP contribution in [0.3, 0.4) is 0 Å². The number of nitrogens with zero attached hydrogens (tertiary/aromatic N) is 1. The van der Waals surface area contributed by atoms with E-state index >= 15 is 0 Å². The van der Waals surface area contributed by atoms with Crippen LogP contribution in [0.25, 0.3) is 0 Å². The van der Waals surface area contributed by atoms with E-state index in [1.54, 1.807) is 32.9 Å². The maximum atomic E-state index is 12.7. The molecule has 0 aliphatic carbocycles. The maximum absolute atomic E-state index is 12.7. The van der Waals surface area contributed by atoms with Crippen molar-refractivity contribution in [1.82, 2.24) is 4.98 Å². The third-order valence-electron chi connectivity index (χ3n) is 1.45. The van der Waals surface area contributed by atoms with E-state index < -0.39 is 11.5 Å². The van der Waals surface area contributed by atoms with E-state index in [0.29, 0.717) is 5.03 Å². The van der Waals surface area contributed by atoms with Crippen LogP contribution in [-0.2, 0) is 9.53 Å².